The number of ether oxygens (including phenoxy) is 1. The molecule has 0 aliphatic rings. The lowest BCUT2D eigenvalue weighted by molar-refractivity contribution is 0.102. The maximum absolute atomic E-state index is 12.4. The van der Waals surface area contributed by atoms with Crippen molar-refractivity contribution >= 4 is 38.5 Å². The first kappa shape index (κ1) is 18.3. The van der Waals surface area contributed by atoms with E-state index in [4.69, 9.17) is 4.74 Å². The van der Waals surface area contributed by atoms with Gasteiger partial charge in [0.2, 0.25) is 11.0 Å². The molecule has 0 aliphatic heterocycles. The number of aromatic nitrogens is 3. The molecule has 2 heterocycles. The van der Waals surface area contributed by atoms with E-state index < -0.39 is 0 Å². The number of carbonyl (C=O) groups excluding carboxylic acids is 1. The number of rotatable bonds is 5. The fraction of sp³-hybridized carbons (Fsp3) is 0. The first-order chi connectivity index (χ1) is 13.7. The molecule has 0 atom stereocenters. The van der Waals surface area contributed by atoms with E-state index >= 15 is 0 Å². The van der Waals surface area contributed by atoms with E-state index in [2.05, 4.69) is 35.6 Å². The molecular weight excluding hydrogens is 440 g/mol. The van der Waals surface area contributed by atoms with Crippen molar-refractivity contribution in [2.45, 2.75) is 0 Å². The Morgan fingerprint density at radius 2 is 1.79 bits per heavy atom. The maximum atomic E-state index is 12.4. The van der Waals surface area contributed by atoms with Crippen LogP contribution >= 0.6 is 27.5 Å². The fourth-order valence-corrected chi connectivity index (χ4v) is 3.20. The van der Waals surface area contributed by atoms with Gasteiger partial charge in [0, 0.05) is 33.8 Å². The monoisotopic (exact) mass is 452 g/mol. The van der Waals surface area contributed by atoms with Crippen LogP contribution in [-0.2, 0) is 0 Å². The van der Waals surface area contributed by atoms with E-state index in [1.165, 1.54) is 6.20 Å². The second-order valence-electron chi connectivity index (χ2n) is 5.68. The number of nitrogens with one attached hydrogen (secondary N) is 1. The minimum Gasteiger partial charge on any atom is -0.439 e. The van der Waals surface area contributed by atoms with Gasteiger partial charge in [0.1, 0.15) is 5.75 Å². The predicted molar refractivity (Wildman–Crippen MR) is 112 cm³/mol. The van der Waals surface area contributed by atoms with Crippen LogP contribution in [0.2, 0.25) is 0 Å². The van der Waals surface area contributed by atoms with Gasteiger partial charge in [0.15, 0.2) is 5.82 Å². The molecule has 0 radical (unpaired) electrons. The Morgan fingerprint density at radius 1 is 1.00 bits per heavy atom. The van der Waals surface area contributed by atoms with Crippen molar-refractivity contribution in [3.05, 3.63) is 83.0 Å². The zero-order valence-electron chi connectivity index (χ0n) is 14.4. The second kappa shape index (κ2) is 8.28. The van der Waals surface area contributed by atoms with Gasteiger partial charge in [-0.3, -0.25) is 10.1 Å². The van der Waals surface area contributed by atoms with Crippen LogP contribution in [0.25, 0.3) is 11.4 Å². The topological polar surface area (TPSA) is 77.0 Å². The van der Waals surface area contributed by atoms with Crippen LogP contribution in [-0.4, -0.2) is 20.2 Å². The van der Waals surface area contributed by atoms with E-state index in [0.717, 1.165) is 21.6 Å². The van der Waals surface area contributed by atoms with Crippen LogP contribution in [0.4, 0.5) is 5.13 Å². The third-order valence-corrected chi connectivity index (χ3v) is 4.87. The van der Waals surface area contributed by atoms with Gasteiger partial charge in [-0.2, -0.15) is 9.36 Å². The van der Waals surface area contributed by atoms with E-state index in [9.17, 15) is 4.79 Å². The lowest BCUT2D eigenvalue weighted by Crippen LogP contribution is -2.12. The van der Waals surface area contributed by atoms with Crippen molar-refractivity contribution in [2.24, 2.45) is 0 Å². The summed E-state index contributed by atoms with van der Waals surface area (Å²) in [5.74, 6) is 1.34. The molecular formula is C20H13BrN4O2S. The zero-order valence-corrected chi connectivity index (χ0v) is 16.8. The highest BCUT2D eigenvalue weighted by Crippen LogP contribution is 2.23. The van der Waals surface area contributed by atoms with Crippen LogP contribution in [0.5, 0.6) is 11.6 Å². The summed E-state index contributed by atoms with van der Waals surface area (Å²) >= 11 is 4.51. The Balaban J connectivity index is 1.41. The number of pyridine rings is 1. The molecule has 0 bridgehead atoms. The van der Waals surface area contributed by atoms with Gasteiger partial charge in [-0.05, 0) is 30.3 Å². The summed E-state index contributed by atoms with van der Waals surface area (Å²) in [4.78, 5) is 20.9. The third kappa shape index (κ3) is 4.41. The Bertz CT molecular complexity index is 1080. The average molecular weight is 453 g/mol. The van der Waals surface area contributed by atoms with Crippen LogP contribution in [0.15, 0.2) is 77.4 Å². The van der Waals surface area contributed by atoms with Gasteiger partial charge < -0.3 is 4.74 Å². The molecule has 4 rings (SSSR count). The summed E-state index contributed by atoms with van der Waals surface area (Å²) in [6, 6.07) is 20.3. The molecule has 0 spiro atoms. The molecule has 138 valence electrons. The Labute approximate surface area is 173 Å². The van der Waals surface area contributed by atoms with E-state index in [1.54, 1.807) is 12.1 Å². The van der Waals surface area contributed by atoms with Crippen LogP contribution < -0.4 is 10.1 Å². The zero-order chi connectivity index (χ0) is 19.3. The minimum atomic E-state index is -0.307. The second-order valence-corrected chi connectivity index (χ2v) is 7.35. The van der Waals surface area contributed by atoms with Gasteiger partial charge in [0.05, 0.1) is 5.56 Å². The minimum absolute atomic E-state index is 0.307. The van der Waals surface area contributed by atoms with Crippen LogP contribution in [0.3, 0.4) is 0 Å². The molecule has 1 amide bonds. The predicted octanol–water partition coefficient (Wildman–Crippen LogP) is 5.41. The van der Waals surface area contributed by atoms with Gasteiger partial charge in [-0.25, -0.2) is 4.98 Å². The molecule has 0 fully saturated rings. The summed E-state index contributed by atoms with van der Waals surface area (Å²) in [7, 11) is 0. The smallest absolute Gasteiger partial charge is 0.259 e. The van der Waals surface area contributed by atoms with Crippen molar-refractivity contribution < 1.29 is 9.53 Å². The summed E-state index contributed by atoms with van der Waals surface area (Å²) in [6.45, 7) is 0. The van der Waals surface area contributed by atoms with Gasteiger partial charge in [-0.1, -0.05) is 46.3 Å². The number of anilines is 1. The number of halogens is 1. The Kier molecular flexibility index (Phi) is 5.41. The molecule has 6 nitrogen and oxygen atoms in total. The van der Waals surface area contributed by atoms with Gasteiger partial charge in [-0.15, -0.1) is 0 Å². The molecule has 28 heavy (non-hydrogen) atoms. The van der Waals surface area contributed by atoms with E-state index in [-0.39, 0.29) is 5.91 Å². The van der Waals surface area contributed by atoms with Gasteiger partial charge >= 0.3 is 0 Å². The highest BCUT2D eigenvalue weighted by molar-refractivity contribution is 9.10. The maximum Gasteiger partial charge on any atom is 0.259 e. The molecule has 1 N–H and O–H groups in total. The average Bonchev–Trinajstić information content (AvgIpc) is 3.19. The van der Waals surface area contributed by atoms with Crippen molar-refractivity contribution in [3.63, 3.8) is 0 Å². The highest BCUT2D eigenvalue weighted by Gasteiger charge is 2.12. The molecule has 0 saturated carbocycles. The highest BCUT2D eigenvalue weighted by atomic mass is 79.9. The molecule has 2 aromatic carbocycles. The lowest BCUT2D eigenvalue weighted by atomic mass is 10.2. The van der Waals surface area contributed by atoms with Crippen molar-refractivity contribution in [1.82, 2.24) is 14.3 Å². The van der Waals surface area contributed by atoms with Crippen molar-refractivity contribution in [2.75, 3.05) is 5.32 Å². The number of amides is 1. The molecule has 0 saturated heterocycles. The van der Waals surface area contributed by atoms with E-state index in [1.807, 2.05) is 54.6 Å². The van der Waals surface area contributed by atoms with Gasteiger partial charge in [0.25, 0.3) is 5.91 Å². The Hall–Kier alpha value is -3.10. The summed E-state index contributed by atoms with van der Waals surface area (Å²) in [5, 5.41) is 3.17. The molecule has 0 unspecified atom stereocenters. The number of hydrogen-bond acceptors (Lipinski definition) is 6. The number of carbonyl (C=O) groups is 1. The summed E-state index contributed by atoms with van der Waals surface area (Å²) in [6.07, 6.45) is 1.46. The molecule has 2 aromatic heterocycles. The largest absolute Gasteiger partial charge is 0.439 e. The normalized spacial score (nSPS) is 10.5. The van der Waals surface area contributed by atoms with Crippen LogP contribution in [0.1, 0.15) is 10.4 Å². The first-order valence-corrected chi connectivity index (χ1v) is 9.84. The molecule has 4 aromatic rings. The third-order valence-electron chi connectivity index (χ3n) is 3.71. The van der Waals surface area contributed by atoms with Crippen LogP contribution in [0, 0.1) is 0 Å². The summed E-state index contributed by atoms with van der Waals surface area (Å²) in [5.41, 5.74) is 1.30. The van der Waals surface area contributed by atoms with Crippen molar-refractivity contribution in [1.29, 1.82) is 0 Å². The molecule has 8 heteroatoms. The number of nitrogens with zero attached hydrogens (tertiary/aromatic N) is 3. The number of benzene rings is 2. The fourth-order valence-electron chi connectivity index (χ4n) is 2.35. The SMILES string of the molecule is O=C(Nc1nc(-c2ccccc2)ns1)c1ccc(Oc2ccc(Br)cc2)nc1. The summed E-state index contributed by atoms with van der Waals surface area (Å²) < 4.78 is 10.9. The standard InChI is InChI=1S/C20H13BrN4O2S/c21-15-7-9-16(10-8-15)27-17-11-6-14(12-22-17)19(26)24-20-23-18(25-28-20)13-4-2-1-3-5-13/h1-12H,(H,23,24,25,26). The Morgan fingerprint density at radius 3 is 2.50 bits per heavy atom. The quantitative estimate of drug-likeness (QED) is 0.438. The van der Waals surface area contributed by atoms with E-state index in [0.29, 0.717) is 28.1 Å². The molecule has 0 aliphatic carbocycles. The van der Waals surface area contributed by atoms with Crippen molar-refractivity contribution in [3.8, 4) is 23.0 Å². The lowest BCUT2D eigenvalue weighted by Gasteiger charge is -2.05. The number of hydrogen-bond donors (Lipinski definition) is 1. The first-order valence-electron chi connectivity index (χ1n) is 8.27.